The van der Waals surface area contributed by atoms with Gasteiger partial charge in [0.05, 0.1) is 23.1 Å². The van der Waals surface area contributed by atoms with E-state index in [9.17, 15) is 34.5 Å². The number of hydrogen-bond acceptors (Lipinski definition) is 9. The van der Waals surface area contributed by atoms with Gasteiger partial charge in [-0.05, 0) is 50.4 Å². The predicted octanol–water partition coefficient (Wildman–Crippen LogP) is 1.66. The smallest absolute Gasteiger partial charge is 0.255 e. The fourth-order valence-corrected chi connectivity index (χ4v) is 6.12. The molecule has 0 fully saturated rings. The Bertz CT molecular complexity index is 1270. The molecule has 3 aliphatic rings. The number of aliphatic hydroxyl groups excluding tert-OH is 2. The molecule has 4 atom stereocenters. The minimum Gasteiger partial charge on any atom is -0.511 e. The Balaban J connectivity index is 1.95. The molecule has 10 heteroatoms. The van der Waals surface area contributed by atoms with Crippen LogP contribution in [0.2, 0.25) is 0 Å². The maximum absolute atomic E-state index is 13.8. The van der Waals surface area contributed by atoms with Gasteiger partial charge in [0, 0.05) is 31.8 Å². The van der Waals surface area contributed by atoms with Crippen LogP contribution in [0.1, 0.15) is 46.0 Å². The summed E-state index contributed by atoms with van der Waals surface area (Å²) in [5, 5.41) is 33.2. The van der Waals surface area contributed by atoms with Crippen molar-refractivity contribution in [1.82, 2.24) is 4.90 Å². The maximum Gasteiger partial charge on any atom is 0.255 e. The van der Waals surface area contributed by atoms with Crippen LogP contribution in [-0.2, 0) is 16.0 Å². The number of aliphatic hydroxyl groups is 2. The molecular formula is C26H31N3O7. The number of likely N-dealkylation sites (N-methyl/N-ethyl adjacent to an activating group) is 1. The van der Waals surface area contributed by atoms with Gasteiger partial charge in [0.1, 0.15) is 22.8 Å². The van der Waals surface area contributed by atoms with Crippen LogP contribution in [0.4, 0.5) is 5.69 Å². The summed E-state index contributed by atoms with van der Waals surface area (Å²) >= 11 is 0. The number of amides is 1. The zero-order chi connectivity index (χ0) is 26.8. The molecule has 4 rings (SSSR count). The van der Waals surface area contributed by atoms with E-state index >= 15 is 0 Å². The molecule has 36 heavy (non-hydrogen) atoms. The summed E-state index contributed by atoms with van der Waals surface area (Å²) in [6.45, 7) is 1.65. The molecule has 4 unspecified atom stereocenters. The van der Waals surface area contributed by atoms with Gasteiger partial charge in [0.25, 0.3) is 5.91 Å². The van der Waals surface area contributed by atoms with Gasteiger partial charge in [-0.25, -0.2) is 0 Å². The summed E-state index contributed by atoms with van der Waals surface area (Å²) in [6, 6.07) is 0.801. The van der Waals surface area contributed by atoms with E-state index in [1.807, 2.05) is 0 Å². The highest BCUT2D eigenvalue weighted by Crippen LogP contribution is 2.51. The number of carbonyl (C=O) groups is 4. The summed E-state index contributed by atoms with van der Waals surface area (Å²) in [5.41, 5.74) is 5.91. The van der Waals surface area contributed by atoms with Crippen molar-refractivity contribution in [2.24, 2.45) is 23.5 Å². The number of hydrogen-bond donors (Lipinski definition) is 4. The van der Waals surface area contributed by atoms with Gasteiger partial charge >= 0.3 is 0 Å². The van der Waals surface area contributed by atoms with E-state index in [0.29, 0.717) is 11.3 Å². The third-order valence-corrected chi connectivity index (χ3v) is 7.65. The number of fused-ring (bicyclic) bond motifs is 3. The quantitative estimate of drug-likeness (QED) is 0.350. The number of nitrogens with two attached hydrogens (primary N) is 1. The van der Waals surface area contributed by atoms with Gasteiger partial charge in [0.2, 0.25) is 0 Å². The van der Waals surface area contributed by atoms with Crippen molar-refractivity contribution < 1.29 is 34.5 Å². The highest BCUT2D eigenvalue weighted by atomic mass is 16.3. The van der Waals surface area contributed by atoms with Gasteiger partial charge in [-0.15, -0.1) is 0 Å². The highest BCUT2D eigenvalue weighted by molar-refractivity contribution is 6.22. The molecule has 0 aliphatic heterocycles. The van der Waals surface area contributed by atoms with Gasteiger partial charge in [0.15, 0.2) is 17.3 Å². The molecule has 0 aromatic heterocycles. The molecule has 0 saturated carbocycles. The number of phenolic OH excluding ortho intramolecular Hbond substituents is 1. The first-order valence-corrected chi connectivity index (χ1v) is 11.8. The number of allylic oxidation sites excluding steroid dienone is 2. The molecule has 3 aliphatic carbocycles. The summed E-state index contributed by atoms with van der Waals surface area (Å²) in [4.78, 5) is 55.1. The molecule has 0 saturated heterocycles. The molecular weight excluding hydrogens is 466 g/mol. The molecule has 0 spiro atoms. The van der Waals surface area contributed by atoms with Crippen LogP contribution < -0.4 is 10.6 Å². The van der Waals surface area contributed by atoms with Crippen LogP contribution in [-0.4, -0.2) is 77.7 Å². The Labute approximate surface area is 208 Å². The maximum atomic E-state index is 13.8. The normalized spacial score (nSPS) is 25.5. The Morgan fingerprint density at radius 2 is 1.72 bits per heavy atom. The predicted molar refractivity (Wildman–Crippen MR) is 131 cm³/mol. The molecule has 5 N–H and O–H groups in total. The number of nitrogens with zero attached hydrogens (tertiary/aromatic N) is 2. The molecule has 0 radical (unpaired) electrons. The Hall–Kier alpha value is -3.66. The topological polar surface area (TPSA) is 161 Å². The van der Waals surface area contributed by atoms with Crippen molar-refractivity contribution in [3.8, 4) is 5.75 Å². The van der Waals surface area contributed by atoms with Gasteiger partial charge in [-0.3, -0.25) is 24.1 Å². The number of phenols is 1. The van der Waals surface area contributed by atoms with Gasteiger partial charge in [-0.1, -0.05) is 6.92 Å². The van der Waals surface area contributed by atoms with Crippen LogP contribution in [0.5, 0.6) is 5.75 Å². The second-order valence-corrected chi connectivity index (χ2v) is 10.1. The second kappa shape index (κ2) is 8.77. The lowest BCUT2D eigenvalue weighted by atomic mass is 9.60. The van der Waals surface area contributed by atoms with Gasteiger partial charge in [-0.2, -0.15) is 0 Å². The number of anilines is 1. The SMILES string of the molecule is CCC(=O)c1cc(N(C)C)c2c(c1O)C(=O)C1=C(O)C3C(=O)C(C(N)=O)=C(O)C(N(C)C)C3CC1C2. The van der Waals surface area contributed by atoms with Crippen molar-refractivity contribution in [3.05, 3.63) is 45.4 Å². The number of carbonyl (C=O) groups excluding carboxylic acids is 4. The van der Waals surface area contributed by atoms with E-state index in [1.165, 1.54) is 0 Å². The fourth-order valence-electron chi connectivity index (χ4n) is 6.12. The summed E-state index contributed by atoms with van der Waals surface area (Å²) in [7, 11) is 6.90. The van der Waals surface area contributed by atoms with Crippen molar-refractivity contribution in [2.45, 2.75) is 32.2 Å². The summed E-state index contributed by atoms with van der Waals surface area (Å²) in [6.07, 6.45) is 0.663. The molecule has 1 aromatic rings. The number of aromatic hydroxyl groups is 1. The first kappa shape index (κ1) is 25.4. The standard InChI is InChI=1S/C26H31N3O7/c1-6-15(30)12-9-14(28(2)3)11-7-10-8-13-18(23(33)16(10)22(32)17(11)21(12)31)24(34)19(26(27)36)25(35)20(13)29(4)5/h9-10,13,18,20,31,33,35H,6-8H2,1-5H3,(H2,27,36). The van der Waals surface area contributed by atoms with Crippen LogP contribution in [0, 0.1) is 17.8 Å². The van der Waals surface area contributed by atoms with E-state index in [0.717, 1.165) is 0 Å². The molecule has 1 amide bonds. The van der Waals surface area contributed by atoms with Crippen LogP contribution in [0.25, 0.3) is 0 Å². The number of ketones is 3. The second-order valence-electron chi connectivity index (χ2n) is 10.1. The first-order chi connectivity index (χ1) is 16.8. The van der Waals surface area contributed by atoms with E-state index in [-0.39, 0.29) is 41.7 Å². The number of primary amides is 1. The van der Waals surface area contributed by atoms with Gasteiger partial charge < -0.3 is 26.0 Å². The largest absolute Gasteiger partial charge is 0.511 e. The lowest BCUT2D eigenvalue weighted by molar-refractivity contribution is -0.127. The Kier molecular flexibility index (Phi) is 6.20. The molecule has 10 nitrogen and oxygen atoms in total. The van der Waals surface area contributed by atoms with Crippen molar-refractivity contribution in [3.63, 3.8) is 0 Å². The monoisotopic (exact) mass is 497 g/mol. The zero-order valence-corrected chi connectivity index (χ0v) is 21.0. The van der Waals surface area contributed by atoms with Crippen LogP contribution >= 0.6 is 0 Å². The number of benzene rings is 1. The van der Waals surface area contributed by atoms with E-state index in [1.54, 1.807) is 51.0 Å². The average molecular weight is 498 g/mol. The Morgan fingerprint density at radius 3 is 2.25 bits per heavy atom. The third kappa shape index (κ3) is 3.50. The average Bonchev–Trinajstić information content (AvgIpc) is 2.77. The van der Waals surface area contributed by atoms with E-state index in [2.05, 4.69) is 0 Å². The summed E-state index contributed by atoms with van der Waals surface area (Å²) < 4.78 is 0. The molecule has 192 valence electrons. The van der Waals surface area contributed by atoms with Crippen molar-refractivity contribution in [1.29, 1.82) is 0 Å². The Morgan fingerprint density at radius 1 is 1.08 bits per heavy atom. The van der Waals surface area contributed by atoms with Crippen molar-refractivity contribution >= 4 is 28.9 Å². The van der Waals surface area contributed by atoms with Crippen molar-refractivity contribution in [2.75, 3.05) is 33.1 Å². The first-order valence-electron chi connectivity index (χ1n) is 11.8. The minimum absolute atomic E-state index is 0.0130. The molecule has 1 aromatic carbocycles. The van der Waals surface area contributed by atoms with E-state index < -0.39 is 64.1 Å². The fraction of sp³-hybridized carbons (Fsp3) is 0.462. The highest BCUT2D eigenvalue weighted by Gasteiger charge is 2.54. The minimum atomic E-state index is -1.25. The van der Waals surface area contributed by atoms with Crippen LogP contribution in [0.3, 0.4) is 0 Å². The zero-order valence-electron chi connectivity index (χ0n) is 21.0. The lowest BCUT2D eigenvalue weighted by Crippen LogP contribution is -2.53. The lowest BCUT2D eigenvalue weighted by Gasteiger charge is -2.46. The third-order valence-electron chi connectivity index (χ3n) is 7.65. The van der Waals surface area contributed by atoms with Crippen LogP contribution in [0.15, 0.2) is 28.7 Å². The number of Topliss-reactive ketones (excluding diaryl/α,β-unsaturated/α-hetero) is 3. The molecule has 0 heterocycles. The number of rotatable bonds is 5. The van der Waals surface area contributed by atoms with E-state index in [4.69, 9.17) is 5.73 Å². The summed E-state index contributed by atoms with van der Waals surface area (Å²) in [5.74, 6) is -6.66. The molecule has 0 bridgehead atoms.